The molecule has 2 amide bonds. The van der Waals surface area contributed by atoms with Crippen molar-refractivity contribution in [3.63, 3.8) is 0 Å². The Bertz CT molecular complexity index is 786. The van der Waals surface area contributed by atoms with Crippen molar-refractivity contribution in [1.29, 1.82) is 0 Å². The number of nitrogens with zero attached hydrogens (tertiary/aromatic N) is 1. The maximum Gasteiger partial charge on any atom is 0.245 e. The molecule has 29 heavy (non-hydrogen) atoms. The van der Waals surface area contributed by atoms with Crippen LogP contribution in [0.15, 0.2) is 24.3 Å². The van der Waals surface area contributed by atoms with Gasteiger partial charge < -0.3 is 21.3 Å². The van der Waals surface area contributed by atoms with Gasteiger partial charge in [-0.1, -0.05) is 0 Å². The summed E-state index contributed by atoms with van der Waals surface area (Å²) >= 11 is 0. The van der Waals surface area contributed by atoms with E-state index in [4.69, 9.17) is 5.73 Å². The number of nitrogens with two attached hydrogens (primary N) is 1. The third-order valence-electron chi connectivity index (χ3n) is 7.50. The summed E-state index contributed by atoms with van der Waals surface area (Å²) in [4.78, 5) is 27.4. The molecule has 4 N–H and O–H groups in total. The molecule has 4 aliphatic carbocycles. The van der Waals surface area contributed by atoms with E-state index in [0.29, 0.717) is 17.8 Å². The van der Waals surface area contributed by atoms with Gasteiger partial charge in [0.1, 0.15) is 5.54 Å². The molecule has 0 aliphatic heterocycles. The van der Waals surface area contributed by atoms with E-state index in [2.05, 4.69) is 10.6 Å². The van der Waals surface area contributed by atoms with Gasteiger partial charge in [-0.25, -0.2) is 0 Å². The standard InChI is InChI=1S/C23H34N4O2/c1-22(2,26-17-5-7-18(8-6-17)27(3)4)21(29)25-19-15-9-14-10-16(19)13-23(11-14,12-15)20(24)28/h5-8,14-16,19,26H,9-13H2,1-4H3,(H2,24,28)(H,25,29). The average Bonchev–Trinajstić information content (AvgIpc) is 2.64. The predicted octanol–water partition coefficient (Wildman–Crippen LogP) is 2.74. The lowest BCUT2D eigenvalue weighted by molar-refractivity contribution is -0.147. The first-order chi connectivity index (χ1) is 13.6. The van der Waals surface area contributed by atoms with Gasteiger partial charge in [0.15, 0.2) is 0 Å². The van der Waals surface area contributed by atoms with E-state index in [1.807, 2.05) is 57.1 Å². The van der Waals surface area contributed by atoms with Gasteiger partial charge in [0, 0.05) is 36.9 Å². The van der Waals surface area contributed by atoms with Crippen molar-refractivity contribution >= 4 is 23.2 Å². The molecule has 5 rings (SSSR count). The fraction of sp³-hybridized carbons (Fsp3) is 0.652. The Morgan fingerprint density at radius 2 is 1.66 bits per heavy atom. The van der Waals surface area contributed by atoms with Crippen LogP contribution in [0.5, 0.6) is 0 Å². The number of anilines is 2. The van der Waals surface area contributed by atoms with Crippen molar-refractivity contribution in [2.45, 2.75) is 57.5 Å². The molecule has 1 aromatic rings. The Balaban J connectivity index is 1.43. The molecule has 0 spiro atoms. The van der Waals surface area contributed by atoms with Gasteiger partial charge in [-0.05, 0) is 88.0 Å². The zero-order valence-corrected chi connectivity index (χ0v) is 18.0. The molecule has 6 heteroatoms. The summed E-state index contributed by atoms with van der Waals surface area (Å²) in [5.74, 6) is 1.21. The highest BCUT2D eigenvalue weighted by Gasteiger charge is 2.58. The maximum absolute atomic E-state index is 13.2. The highest BCUT2D eigenvalue weighted by atomic mass is 16.2. The molecule has 4 aliphatic rings. The van der Waals surface area contributed by atoms with Crippen LogP contribution in [0, 0.1) is 23.2 Å². The molecule has 0 heterocycles. The molecule has 4 fully saturated rings. The summed E-state index contributed by atoms with van der Waals surface area (Å²) in [6.45, 7) is 3.84. The smallest absolute Gasteiger partial charge is 0.245 e. The second-order valence-corrected chi connectivity index (χ2v) is 10.3. The largest absolute Gasteiger partial charge is 0.378 e. The molecule has 2 atom stereocenters. The summed E-state index contributed by atoms with van der Waals surface area (Å²) in [6.07, 6.45) is 4.83. The van der Waals surface area contributed by atoms with E-state index >= 15 is 0 Å². The summed E-state index contributed by atoms with van der Waals surface area (Å²) < 4.78 is 0. The van der Waals surface area contributed by atoms with Gasteiger partial charge in [-0.2, -0.15) is 0 Å². The normalized spacial score (nSPS) is 32.7. The van der Waals surface area contributed by atoms with Crippen LogP contribution in [0.3, 0.4) is 0 Å². The highest BCUT2D eigenvalue weighted by Crippen LogP contribution is 2.59. The predicted molar refractivity (Wildman–Crippen MR) is 116 cm³/mol. The molecule has 6 nitrogen and oxygen atoms in total. The lowest BCUT2D eigenvalue weighted by Gasteiger charge is -2.59. The average molecular weight is 399 g/mol. The van der Waals surface area contributed by atoms with Gasteiger partial charge in [0.25, 0.3) is 0 Å². The van der Waals surface area contributed by atoms with Crippen molar-refractivity contribution in [2.24, 2.45) is 28.9 Å². The van der Waals surface area contributed by atoms with Crippen LogP contribution in [-0.2, 0) is 9.59 Å². The van der Waals surface area contributed by atoms with Gasteiger partial charge in [-0.15, -0.1) is 0 Å². The molecule has 158 valence electrons. The first-order valence-corrected chi connectivity index (χ1v) is 10.8. The lowest BCUT2D eigenvalue weighted by Crippen LogP contribution is -2.64. The van der Waals surface area contributed by atoms with Crippen LogP contribution in [0.1, 0.15) is 46.0 Å². The van der Waals surface area contributed by atoms with E-state index in [1.54, 1.807) is 0 Å². The van der Waals surface area contributed by atoms with Gasteiger partial charge in [0.2, 0.25) is 11.8 Å². The number of nitrogens with one attached hydrogen (secondary N) is 2. The third kappa shape index (κ3) is 3.58. The number of carbonyl (C=O) groups excluding carboxylic acids is 2. The van der Waals surface area contributed by atoms with E-state index in [0.717, 1.165) is 43.5 Å². The molecule has 0 saturated heterocycles. The molecular formula is C23H34N4O2. The highest BCUT2D eigenvalue weighted by molar-refractivity contribution is 5.89. The quantitative estimate of drug-likeness (QED) is 0.688. The van der Waals surface area contributed by atoms with Gasteiger partial charge >= 0.3 is 0 Å². The first kappa shape index (κ1) is 20.0. The first-order valence-electron chi connectivity index (χ1n) is 10.8. The number of carbonyl (C=O) groups is 2. The Hall–Kier alpha value is -2.24. The molecule has 4 saturated carbocycles. The summed E-state index contributed by atoms with van der Waals surface area (Å²) in [6, 6.07) is 8.24. The Kier molecular flexibility index (Phi) is 4.79. The summed E-state index contributed by atoms with van der Waals surface area (Å²) in [5, 5.41) is 6.72. The molecule has 0 radical (unpaired) electrons. The maximum atomic E-state index is 13.2. The lowest BCUT2D eigenvalue weighted by atomic mass is 9.47. The van der Waals surface area contributed by atoms with Crippen LogP contribution >= 0.6 is 0 Å². The number of hydrogen-bond donors (Lipinski definition) is 3. The number of primary amides is 1. The Labute approximate surface area is 173 Å². The summed E-state index contributed by atoms with van der Waals surface area (Å²) in [7, 11) is 4.01. The SMILES string of the molecule is CN(C)c1ccc(NC(C)(C)C(=O)NC2C3CC4CC2CC(C(N)=O)(C4)C3)cc1. The molecule has 1 aromatic carbocycles. The number of amides is 2. The minimum absolute atomic E-state index is 0.0137. The third-order valence-corrected chi connectivity index (χ3v) is 7.50. The van der Waals surface area contributed by atoms with E-state index in [-0.39, 0.29) is 23.3 Å². The van der Waals surface area contributed by atoms with Crippen LogP contribution in [-0.4, -0.2) is 37.5 Å². The topological polar surface area (TPSA) is 87.5 Å². The van der Waals surface area contributed by atoms with Crippen molar-refractivity contribution in [1.82, 2.24) is 5.32 Å². The number of rotatable bonds is 6. The van der Waals surface area contributed by atoms with Crippen LogP contribution in [0.2, 0.25) is 0 Å². The fourth-order valence-corrected chi connectivity index (χ4v) is 6.15. The zero-order valence-electron chi connectivity index (χ0n) is 18.0. The Morgan fingerprint density at radius 3 is 2.17 bits per heavy atom. The number of hydrogen-bond acceptors (Lipinski definition) is 4. The summed E-state index contributed by atoms with van der Waals surface area (Å²) in [5.41, 5.74) is 6.78. The van der Waals surface area contributed by atoms with E-state index in [1.165, 1.54) is 0 Å². The van der Waals surface area contributed by atoms with E-state index < -0.39 is 5.54 Å². The second kappa shape index (κ2) is 6.92. The Morgan fingerprint density at radius 1 is 1.07 bits per heavy atom. The van der Waals surface area contributed by atoms with Crippen molar-refractivity contribution in [3.8, 4) is 0 Å². The van der Waals surface area contributed by atoms with Crippen molar-refractivity contribution in [2.75, 3.05) is 24.3 Å². The minimum atomic E-state index is -0.727. The minimum Gasteiger partial charge on any atom is -0.378 e. The van der Waals surface area contributed by atoms with Gasteiger partial charge in [0.05, 0.1) is 0 Å². The monoisotopic (exact) mass is 398 g/mol. The zero-order chi connectivity index (χ0) is 21.0. The number of benzene rings is 1. The molecule has 4 bridgehead atoms. The fourth-order valence-electron chi connectivity index (χ4n) is 6.15. The van der Waals surface area contributed by atoms with Crippen molar-refractivity contribution < 1.29 is 9.59 Å². The molecule has 0 aromatic heterocycles. The molecular weight excluding hydrogens is 364 g/mol. The van der Waals surface area contributed by atoms with Gasteiger partial charge in [-0.3, -0.25) is 9.59 Å². The van der Waals surface area contributed by atoms with E-state index in [9.17, 15) is 9.59 Å². The van der Waals surface area contributed by atoms with Crippen LogP contribution in [0.25, 0.3) is 0 Å². The van der Waals surface area contributed by atoms with Crippen LogP contribution < -0.4 is 21.3 Å². The molecule has 2 unspecified atom stereocenters. The second-order valence-electron chi connectivity index (χ2n) is 10.3. The van der Waals surface area contributed by atoms with Crippen molar-refractivity contribution in [3.05, 3.63) is 24.3 Å². The van der Waals surface area contributed by atoms with Crippen LogP contribution in [0.4, 0.5) is 11.4 Å².